The van der Waals surface area contributed by atoms with Crippen molar-refractivity contribution in [1.29, 1.82) is 0 Å². The fourth-order valence-corrected chi connectivity index (χ4v) is 9.57. The van der Waals surface area contributed by atoms with E-state index in [1.807, 2.05) is 103 Å². The van der Waals surface area contributed by atoms with E-state index in [1.54, 1.807) is 0 Å². The van der Waals surface area contributed by atoms with Crippen LogP contribution in [0, 0.1) is 0 Å². The zero-order valence-corrected chi connectivity index (χ0v) is 26.3. The molecule has 0 aliphatic carbocycles. The van der Waals surface area contributed by atoms with Crippen LogP contribution in [0.2, 0.25) is 0 Å². The molecule has 222 valence electrons. The summed E-state index contributed by atoms with van der Waals surface area (Å²) in [6, 6.07) is 57.1. The number of rotatable bonds is 5. The number of hydrogen-bond donors (Lipinski definition) is 0. The van der Waals surface area contributed by atoms with Crippen molar-refractivity contribution in [3.05, 3.63) is 170 Å². The van der Waals surface area contributed by atoms with Gasteiger partial charge in [0.2, 0.25) is 0 Å². The predicted molar refractivity (Wildman–Crippen MR) is 197 cm³/mol. The lowest BCUT2D eigenvalue weighted by molar-refractivity contribution is 0.592. The van der Waals surface area contributed by atoms with Crippen molar-refractivity contribution in [2.45, 2.75) is 0 Å². The third-order valence-electron chi connectivity index (χ3n) is 9.13. The fourth-order valence-electron chi connectivity index (χ4n) is 6.87. The van der Waals surface area contributed by atoms with Crippen molar-refractivity contribution in [2.75, 3.05) is 0 Å². The predicted octanol–water partition coefficient (Wildman–Crippen LogP) is 10.3. The van der Waals surface area contributed by atoms with E-state index in [0.29, 0.717) is 0 Å². The summed E-state index contributed by atoms with van der Waals surface area (Å²) in [7, 11) is -3.12. The standard InChI is InChI=1S/C43H28NO2P/c45-47(32-16-6-2-7-17-32,33-18-8-3-9-19-33)34-20-12-15-30(27-34)31-23-24-37-39(28-31)44-42(29-13-4-1-5-14-29)38-26-25-36-35-21-10-11-22-40(35)46-43(36)41(37)38/h1-28H. The van der Waals surface area contributed by atoms with E-state index >= 15 is 4.57 Å². The van der Waals surface area contributed by atoms with Crippen LogP contribution in [0.25, 0.3) is 66.0 Å². The van der Waals surface area contributed by atoms with Crippen LogP contribution in [0.5, 0.6) is 0 Å². The molecule has 0 N–H and O–H groups in total. The highest BCUT2D eigenvalue weighted by Gasteiger charge is 2.29. The lowest BCUT2D eigenvalue weighted by atomic mass is 9.96. The van der Waals surface area contributed by atoms with Crippen LogP contribution >= 0.6 is 7.14 Å². The Morgan fingerprint density at radius 2 is 1.02 bits per heavy atom. The largest absolute Gasteiger partial charge is 0.455 e. The molecule has 0 amide bonds. The summed E-state index contributed by atoms with van der Waals surface area (Å²) in [4.78, 5) is 5.29. The highest BCUT2D eigenvalue weighted by molar-refractivity contribution is 7.85. The molecule has 0 unspecified atom stereocenters. The lowest BCUT2D eigenvalue weighted by Gasteiger charge is -2.20. The minimum Gasteiger partial charge on any atom is -0.455 e. The molecule has 0 spiro atoms. The second-order valence-electron chi connectivity index (χ2n) is 11.9. The Bertz CT molecular complexity index is 2600. The van der Waals surface area contributed by atoms with Gasteiger partial charge >= 0.3 is 0 Å². The van der Waals surface area contributed by atoms with Gasteiger partial charge in [-0.1, -0.05) is 146 Å². The number of para-hydroxylation sites is 1. The SMILES string of the molecule is O=P(c1ccccc1)(c1ccccc1)c1cccc(-c2ccc3c(c2)nc(-c2ccccc2)c2ccc4c5ccccc5oc4c23)c1. The first kappa shape index (κ1) is 27.5. The minimum atomic E-state index is -3.12. The van der Waals surface area contributed by atoms with E-state index in [2.05, 4.69) is 66.7 Å². The highest BCUT2D eigenvalue weighted by Crippen LogP contribution is 2.44. The number of nitrogens with zero attached hydrogens (tertiary/aromatic N) is 1. The molecule has 7 aromatic carbocycles. The second kappa shape index (κ2) is 10.9. The molecular weight excluding hydrogens is 593 g/mol. The molecule has 0 fully saturated rings. The fraction of sp³-hybridized carbons (Fsp3) is 0. The summed E-state index contributed by atoms with van der Waals surface area (Å²) in [6.07, 6.45) is 0. The number of pyridine rings is 1. The van der Waals surface area contributed by atoms with Crippen LogP contribution in [0.4, 0.5) is 0 Å². The summed E-state index contributed by atoms with van der Waals surface area (Å²) >= 11 is 0. The molecule has 2 aromatic heterocycles. The van der Waals surface area contributed by atoms with Crippen molar-refractivity contribution < 1.29 is 8.98 Å². The third kappa shape index (κ3) is 4.43. The minimum absolute atomic E-state index is 0.799. The van der Waals surface area contributed by atoms with Crippen LogP contribution in [0.15, 0.2) is 174 Å². The summed E-state index contributed by atoms with van der Waals surface area (Å²) in [5.74, 6) is 0. The first-order valence-corrected chi connectivity index (χ1v) is 17.4. The lowest BCUT2D eigenvalue weighted by Crippen LogP contribution is -2.25. The molecule has 0 radical (unpaired) electrons. The van der Waals surface area contributed by atoms with Crippen LogP contribution in [0.3, 0.4) is 0 Å². The van der Waals surface area contributed by atoms with E-state index in [1.165, 1.54) is 0 Å². The van der Waals surface area contributed by atoms with Gasteiger partial charge < -0.3 is 8.98 Å². The van der Waals surface area contributed by atoms with Gasteiger partial charge in [-0.25, -0.2) is 4.98 Å². The number of furan rings is 1. The Morgan fingerprint density at radius 3 is 1.77 bits per heavy atom. The monoisotopic (exact) mass is 621 g/mol. The normalized spacial score (nSPS) is 11.9. The Balaban J connectivity index is 1.28. The van der Waals surface area contributed by atoms with Gasteiger partial charge in [0, 0.05) is 48.4 Å². The quantitative estimate of drug-likeness (QED) is 0.142. The van der Waals surface area contributed by atoms with E-state index < -0.39 is 7.14 Å². The van der Waals surface area contributed by atoms with Crippen LogP contribution in [-0.2, 0) is 4.57 Å². The van der Waals surface area contributed by atoms with Gasteiger partial charge in [-0.2, -0.15) is 0 Å². The van der Waals surface area contributed by atoms with Crippen LogP contribution in [-0.4, -0.2) is 4.98 Å². The average Bonchev–Trinajstić information content (AvgIpc) is 3.54. The van der Waals surface area contributed by atoms with Gasteiger partial charge in [-0.05, 0) is 35.4 Å². The Morgan fingerprint density at radius 1 is 0.447 bits per heavy atom. The van der Waals surface area contributed by atoms with Gasteiger partial charge in [-0.15, -0.1) is 0 Å². The Hall–Kier alpha value is -5.76. The van der Waals surface area contributed by atoms with E-state index in [4.69, 9.17) is 9.40 Å². The first-order chi connectivity index (χ1) is 23.2. The van der Waals surface area contributed by atoms with Gasteiger partial charge in [0.15, 0.2) is 7.14 Å². The van der Waals surface area contributed by atoms with Crippen LogP contribution in [0.1, 0.15) is 0 Å². The average molecular weight is 622 g/mol. The molecule has 0 aliphatic rings. The molecule has 0 atom stereocenters. The molecule has 47 heavy (non-hydrogen) atoms. The van der Waals surface area contributed by atoms with Crippen molar-refractivity contribution >= 4 is 66.7 Å². The summed E-state index contributed by atoms with van der Waals surface area (Å²) in [6.45, 7) is 0. The number of aromatic nitrogens is 1. The van der Waals surface area contributed by atoms with Crippen molar-refractivity contribution in [3.8, 4) is 22.4 Å². The molecule has 0 aliphatic heterocycles. The van der Waals surface area contributed by atoms with E-state index in [-0.39, 0.29) is 0 Å². The molecule has 0 saturated heterocycles. The maximum Gasteiger partial charge on any atom is 0.171 e. The topological polar surface area (TPSA) is 43.1 Å². The molecular formula is C43H28NO2P. The van der Waals surface area contributed by atoms with E-state index in [0.717, 1.165) is 81.9 Å². The summed E-state index contributed by atoms with van der Waals surface area (Å²) < 4.78 is 21.7. The molecule has 2 heterocycles. The van der Waals surface area contributed by atoms with Gasteiger partial charge in [0.25, 0.3) is 0 Å². The number of fused-ring (bicyclic) bond motifs is 7. The van der Waals surface area contributed by atoms with Gasteiger partial charge in [-0.3, -0.25) is 0 Å². The molecule has 9 aromatic rings. The third-order valence-corrected chi connectivity index (χ3v) is 12.2. The van der Waals surface area contributed by atoms with Gasteiger partial charge in [0.1, 0.15) is 11.2 Å². The molecule has 0 saturated carbocycles. The molecule has 3 nitrogen and oxygen atoms in total. The maximum absolute atomic E-state index is 15.1. The van der Waals surface area contributed by atoms with Crippen LogP contribution < -0.4 is 15.9 Å². The number of benzene rings is 7. The first-order valence-electron chi connectivity index (χ1n) is 15.7. The summed E-state index contributed by atoms with van der Waals surface area (Å²) in [5, 5.41) is 7.77. The Labute approximate surface area is 272 Å². The maximum atomic E-state index is 15.1. The molecule has 9 rings (SSSR count). The van der Waals surface area contributed by atoms with E-state index in [9.17, 15) is 0 Å². The number of hydrogen-bond acceptors (Lipinski definition) is 3. The summed E-state index contributed by atoms with van der Waals surface area (Å²) in [5.41, 5.74) is 6.58. The van der Waals surface area contributed by atoms with Crippen molar-refractivity contribution in [1.82, 2.24) is 4.98 Å². The van der Waals surface area contributed by atoms with Gasteiger partial charge in [0.05, 0.1) is 11.2 Å². The second-order valence-corrected chi connectivity index (χ2v) is 14.6. The smallest absolute Gasteiger partial charge is 0.171 e. The van der Waals surface area contributed by atoms with Crippen molar-refractivity contribution in [2.24, 2.45) is 0 Å². The molecule has 0 bridgehead atoms. The Kier molecular flexibility index (Phi) is 6.41. The zero-order chi connectivity index (χ0) is 31.4. The molecule has 4 heteroatoms. The van der Waals surface area contributed by atoms with Crippen molar-refractivity contribution in [3.63, 3.8) is 0 Å². The highest BCUT2D eigenvalue weighted by atomic mass is 31.2. The zero-order valence-electron chi connectivity index (χ0n) is 25.4.